The summed E-state index contributed by atoms with van der Waals surface area (Å²) in [7, 11) is 1.67. The molecule has 0 unspecified atom stereocenters. The number of rotatable bonds is 2. The maximum atomic E-state index is 12.6. The Morgan fingerprint density at radius 2 is 2.21 bits per heavy atom. The molecule has 2 amide bonds. The van der Waals surface area contributed by atoms with Crippen LogP contribution < -0.4 is 15.0 Å². The van der Waals surface area contributed by atoms with E-state index in [0.29, 0.717) is 11.4 Å². The third-order valence-corrected chi connectivity index (χ3v) is 4.29. The minimum Gasteiger partial charge on any atom is -0.489 e. The first kappa shape index (κ1) is 14.7. The molecule has 24 heavy (non-hydrogen) atoms. The Morgan fingerprint density at radius 3 is 3.04 bits per heavy atom. The monoisotopic (exact) mass is 327 g/mol. The first-order valence-corrected chi connectivity index (χ1v) is 7.87. The van der Waals surface area contributed by atoms with Crippen LogP contribution in [0, 0.1) is 0 Å². The Balaban J connectivity index is 1.52. The van der Waals surface area contributed by atoms with Crippen LogP contribution in [0.3, 0.4) is 0 Å². The van der Waals surface area contributed by atoms with Crippen LogP contribution in [0.2, 0.25) is 0 Å². The number of likely N-dealkylation sites (N-methyl/N-ethyl adjacent to an activating group) is 1. The molecule has 0 saturated carbocycles. The molecule has 124 valence electrons. The predicted molar refractivity (Wildman–Crippen MR) is 84.9 cm³/mol. The van der Waals surface area contributed by atoms with Crippen molar-refractivity contribution in [1.82, 2.24) is 20.1 Å². The third-order valence-electron chi connectivity index (χ3n) is 4.29. The fourth-order valence-corrected chi connectivity index (χ4v) is 3.00. The number of aryl methyl sites for hydroxylation is 2. The molecule has 0 aliphatic carbocycles. The number of carbonyl (C=O) groups is 2. The van der Waals surface area contributed by atoms with E-state index in [0.717, 1.165) is 25.2 Å². The van der Waals surface area contributed by atoms with E-state index in [-0.39, 0.29) is 18.3 Å². The normalized spacial score (nSPS) is 19.3. The number of carbonyl (C=O) groups excluding carboxylic acids is 2. The summed E-state index contributed by atoms with van der Waals surface area (Å²) in [4.78, 5) is 30.7. The first-order valence-electron chi connectivity index (χ1n) is 7.87. The quantitative estimate of drug-likeness (QED) is 0.861. The Morgan fingerprint density at radius 1 is 1.38 bits per heavy atom. The molecule has 1 aromatic carbocycles. The van der Waals surface area contributed by atoms with Gasteiger partial charge < -0.3 is 15.0 Å². The van der Waals surface area contributed by atoms with Gasteiger partial charge in [0.15, 0.2) is 0 Å². The van der Waals surface area contributed by atoms with E-state index in [9.17, 15) is 9.59 Å². The van der Waals surface area contributed by atoms with Crippen molar-refractivity contribution in [3.8, 4) is 5.75 Å². The summed E-state index contributed by atoms with van der Waals surface area (Å²) in [6.07, 6.45) is 1.82. The SMILES string of the molecule is CN1C(=O)[C@@H](NC(=O)c2nc3n(n2)CCC3)COc2ccccc21. The number of amides is 2. The average Bonchev–Trinajstić information content (AvgIpc) is 3.16. The van der Waals surface area contributed by atoms with Crippen molar-refractivity contribution in [2.45, 2.75) is 25.4 Å². The van der Waals surface area contributed by atoms with Crippen molar-refractivity contribution in [1.29, 1.82) is 0 Å². The maximum absolute atomic E-state index is 12.6. The number of ether oxygens (including phenoxy) is 1. The summed E-state index contributed by atoms with van der Waals surface area (Å²) in [6, 6.07) is 6.49. The second kappa shape index (κ2) is 5.63. The lowest BCUT2D eigenvalue weighted by Crippen LogP contribution is -2.49. The zero-order valence-corrected chi connectivity index (χ0v) is 13.2. The zero-order chi connectivity index (χ0) is 16.7. The second-order valence-electron chi connectivity index (χ2n) is 5.88. The van der Waals surface area contributed by atoms with Gasteiger partial charge in [0.05, 0.1) is 5.69 Å². The van der Waals surface area contributed by atoms with E-state index < -0.39 is 11.9 Å². The third kappa shape index (κ3) is 2.40. The molecule has 4 rings (SSSR count). The number of nitrogens with zero attached hydrogens (tertiary/aromatic N) is 4. The Hall–Kier alpha value is -2.90. The van der Waals surface area contributed by atoms with Gasteiger partial charge in [0.1, 0.15) is 24.2 Å². The van der Waals surface area contributed by atoms with Crippen molar-refractivity contribution in [3.63, 3.8) is 0 Å². The lowest BCUT2D eigenvalue weighted by Gasteiger charge is -2.19. The highest BCUT2D eigenvalue weighted by Crippen LogP contribution is 2.29. The first-order chi connectivity index (χ1) is 11.6. The van der Waals surface area contributed by atoms with Gasteiger partial charge in [0, 0.05) is 20.0 Å². The lowest BCUT2D eigenvalue weighted by molar-refractivity contribution is -0.120. The van der Waals surface area contributed by atoms with Crippen LogP contribution in [0.25, 0.3) is 0 Å². The van der Waals surface area contributed by atoms with Gasteiger partial charge in [-0.2, -0.15) is 0 Å². The molecule has 2 aliphatic rings. The summed E-state index contributed by atoms with van der Waals surface area (Å²) in [5.41, 5.74) is 0.679. The minimum absolute atomic E-state index is 0.0689. The number of benzene rings is 1. The number of nitrogens with one attached hydrogen (secondary N) is 1. The fraction of sp³-hybridized carbons (Fsp3) is 0.375. The van der Waals surface area contributed by atoms with Crippen LogP contribution in [0.5, 0.6) is 5.75 Å². The molecule has 8 nitrogen and oxygen atoms in total. The van der Waals surface area contributed by atoms with Crippen LogP contribution in [-0.2, 0) is 17.8 Å². The van der Waals surface area contributed by atoms with Gasteiger partial charge in [-0.15, -0.1) is 5.10 Å². The van der Waals surface area contributed by atoms with E-state index >= 15 is 0 Å². The smallest absolute Gasteiger partial charge is 0.291 e. The van der Waals surface area contributed by atoms with Crippen molar-refractivity contribution >= 4 is 17.5 Å². The molecule has 0 bridgehead atoms. The van der Waals surface area contributed by atoms with Crippen LogP contribution in [0.15, 0.2) is 24.3 Å². The Kier molecular flexibility index (Phi) is 3.44. The van der Waals surface area contributed by atoms with E-state index in [4.69, 9.17) is 4.74 Å². The molecule has 0 spiro atoms. The largest absolute Gasteiger partial charge is 0.489 e. The van der Waals surface area contributed by atoms with E-state index in [1.807, 2.05) is 12.1 Å². The number of hydrogen-bond acceptors (Lipinski definition) is 5. The van der Waals surface area contributed by atoms with Gasteiger partial charge >= 0.3 is 0 Å². The molecular formula is C16H17N5O3. The summed E-state index contributed by atoms with van der Waals surface area (Å²) in [6.45, 7) is 0.846. The van der Waals surface area contributed by atoms with E-state index in [1.165, 1.54) is 4.90 Å². The van der Waals surface area contributed by atoms with Gasteiger partial charge in [-0.05, 0) is 18.6 Å². The lowest BCUT2D eigenvalue weighted by atomic mass is 10.2. The number of hydrogen-bond donors (Lipinski definition) is 1. The summed E-state index contributed by atoms with van der Waals surface area (Å²) in [5.74, 6) is 0.831. The van der Waals surface area contributed by atoms with Crippen molar-refractivity contribution < 1.29 is 14.3 Å². The Bertz CT molecular complexity index is 794. The van der Waals surface area contributed by atoms with Gasteiger partial charge in [-0.3, -0.25) is 9.59 Å². The van der Waals surface area contributed by atoms with Gasteiger partial charge in [0.2, 0.25) is 5.82 Å². The number of aromatic nitrogens is 3. The zero-order valence-electron chi connectivity index (χ0n) is 13.2. The molecule has 0 radical (unpaired) electrons. The molecule has 2 aromatic rings. The molecule has 2 aliphatic heterocycles. The summed E-state index contributed by atoms with van der Waals surface area (Å²) < 4.78 is 7.42. The van der Waals surface area contributed by atoms with Crippen molar-refractivity contribution in [2.75, 3.05) is 18.6 Å². The fourth-order valence-electron chi connectivity index (χ4n) is 3.00. The highest BCUT2D eigenvalue weighted by atomic mass is 16.5. The molecule has 1 aromatic heterocycles. The Labute approximate surface area is 138 Å². The molecule has 3 heterocycles. The average molecular weight is 327 g/mol. The molecule has 0 saturated heterocycles. The minimum atomic E-state index is -0.784. The molecular weight excluding hydrogens is 310 g/mol. The van der Waals surface area contributed by atoms with E-state index in [1.54, 1.807) is 23.9 Å². The maximum Gasteiger partial charge on any atom is 0.291 e. The van der Waals surface area contributed by atoms with Gasteiger partial charge in [-0.25, -0.2) is 9.67 Å². The summed E-state index contributed by atoms with van der Waals surface area (Å²) >= 11 is 0. The number of anilines is 1. The van der Waals surface area contributed by atoms with Gasteiger partial charge in [0.25, 0.3) is 11.8 Å². The predicted octanol–water partition coefficient (Wildman–Crippen LogP) is 0.378. The number of fused-ring (bicyclic) bond motifs is 2. The van der Waals surface area contributed by atoms with Crippen LogP contribution in [0.1, 0.15) is 22.9 Å². The van der Waals surface area contributed by atoms with Crippen molar-refractivity contribution in [2.24, 2.45) is 0 Å². The van der Waals surface area contributed by atoms with Crippen LogP contribution in [0.4, 0.5) is 5.69 Å². The van der Waals surface area contributed by atoms with Crippen LogP contribution >= 0.6 is 0 Å². The van der Waals surface area contributed by atoms with E-state index in [2.05, 4.69) is 15.4 Å². The topological polar surface area (TPSA) is 89.4 Å². The second-order valence-corrected chi connectivity index (χ2v) is 5.88. The highest BCUT2D eigenvalue weighted by molar-refractivity contribution is 6.02. The van der Waals surface area contributed by atoms with Crippen molar-refractivity contribution in [3.05, 3.63) is 35.9 Å². The number of para-hydroxylation sites is 2. The summed E-state index contributed by atoms with van der Waals surface area (Å²) in [5, 5.41) is 6.88. The standard InChI is InChI=1S/C16H17N5O3/c1-20-11-5-2-3-6-12(11)24-9-10(16(20)23)17-15(22)14-18-13-7-4-8-21(13)19-14/h2-3,5-6,10H,4,7-9H2,1H3,(H,17,22)/t10-/m0/s1. The van der Waals surface area contributed by atoms with Gasteiger partial charge in [-0.1, -0.05) is 12.1 Å². The van der Waals surface area contributed by atoms with Crippen LogP contribution in [-0.4, -0.2) is 46.3 Å². The molecule has 8 heteroatoms. The molecule has 1 N–H and O–H groups in total. The molecule has 0 fully saturated rings. The highest BCUT2D eigenvalue weighted by Gasteiger charge is 2.31. The molecule has 1 atom stereocenters.